The Morgan fingerprint density at radius 1 is 1.50 bits per heavy atom. The molecule has 0 bridgehead atoms. The molecule has 1 N–H and O–H groups in total. The highest BCUT2D eigenvalue weighted by atomic mass is 127. The van der Waals surface area contributed by atoms with Crippen LogP contribution in [0, 0.1) is 11.8 Å². The van der Waals surface area contributed by atoms with Crippen LogP contribution in [-0.4, -0.2) is 37.0 Å². The van der Waals surface area contributed by atoms with Gasteiger partial charge in [0, 0.05) is 32.6 Å². The molecule has 1 aromatic heterocycles. The van der Waals surface area contributed by atoms with Gasteiger partial charge in [-0.05, 0) is 30.4 Å². The Morgan fingerprint density at radius 3 is 2.95 bits per heavy atom. The number of furan rings is 1. The zero-order valence-electron chi connectivity index (χ0n) is 13.6. The van der Waals surface area contributed by atoms with E-state index in [0.29, 0.717) is 5.92 Å². The van der Waals surface area contributed by atoms with E-state index in [-0.39, 0.29) is 24.0 Å². The van der Waals surface area contributed by atoms with Crippen LogP contribution in [0.2, 0.25) is 0 Å². The van der Waals surface area contributed by atoms with Crippen LogP contribution in [0.4, 0.5) is 0 Å². The molecule has 1 aliphatic rings. The standard InChI is InChI=1S/C17H27N3O.HI/c1-4-9-18-17(19-10-7-16-6-5-12-21-16)20-11-8-14(2)15(3)13-20;/h4-6,12,14-15H,1,7-11,13H2,2-3H3,(H,18,19);1H. The first kappa shape index (κ1) is 19.1. The molecule has 0 aromatic carbocycles. The van der Waals surface area contributed by atoms with Crippen LogP contribution >= 0.6 is 24.0 Å². The van der Waals surface area contributed by atoms with Crippen molar-refractivity contribution in [3.05, 3.63) is 36.8 Å². The van der Waals surface area contributed by atoms with Gasteiger partial charge >= 0.3 is 0 Å². The highest BCUT2D eigenvalue weighted by molar-refractivity contribution is 14.0. The number of halogens is 1. The molecule has 0 aliphatic carbocycles. The zero-order chi connectivity index (χ0) is 15.1. The SMILES string of the molecule is C=CCNC(=NCCc1ccco1)N1CCC(C)C(C)C1.I. The Kier molecular flexibility index (Phi) is 8.60. The number of aliphatic imine (C=N–C) groups is 1. The fourth-order valence-corrected chi connectivity index (χ4v) is 2.61. The third-order valence-corrected chi connectivity index (χ3v) is 4.24. The summed E-state index contributed by atoms with van der Waals surface area (Å²) in [4.78, 5) is 7.11. The van der Waals surface area contributed by atoms with Crippen molar-refractivity contribution in [3.63, 3.8) is 0 Å². The third-order valence-electron chi connectivity index (χ3n) is 4.24. The van der Waals surface area contributed by atoms with Gasteiger partial charge in [0.15, 0.2) is 5.96 Å². The first-order chi connectivity index (χ1) is 10.2. The minimum absolute atomic E-state index is 0. The van der Waals surface area contributed by atoms with E-state index in [1.807, 2.05) is 18.2 Å². The Morgan fingerprint density at radius 2 is 2.32 bits per heavy atom. The molecule has 5 heteroatoms. The van der Waals surface area contributed by atoms with Gasteiger partial charge in [0.25, 0.3) is 0 Å². The fraction of sp³-hybridized carbons (Fsp3) is 0.588. The molecule has 0 amide bonds. The van der Waals surface area contributed by atoms with Gasteiger partial charge in [-0.2, -0.15) is 0 Å². The number of nitrogens with zero attached hydrogens (tertiary/aromatic N) is 2. The van der Waals surface area contributed by atoms with Crippen molar-refractivity contribution in [2.75, 3.05) is 26.2 Å². The lowest BCUT2D eigenvalue weighted by atomic mass is 9.89. The minimum Gasteiger partial charge on any atom is -0.469 e. The minimum atomic E-state index is 0. The predicted octanol–water partition coefficient (Wildman–Crippen LogP) is 3.55. The molecular formula is C17H28IN3O. The first-order valence-corrected chi connectivity index (χ1v) is 7.87. The molecule has 1 aromatic rings. The smallest absolute Gasteiger partial charge is 0.194 e. The number of hydrogen-bond donors (Lipinski definition) is 1. The molecule has 0 spiro atoms. The second-order valence-electron chi connectivity index (χ2n) is 5.89. The summed E-state index contributed by atoms with van der Waals surface area (Å²) in [7, 11) is 0. The monoisotopic (exact) mass is 417 g/mol. The largest absolute Gasteiger partial charge is 0.469 e. The lowest BCUT2D eigenvalue weighted by Gasteiger charge is -2.37. The number of guanidine groups is 1. The lowest BCUT2D eigenvalue weighted by Crippen LogP contribution is -2.48. The molecule has 2 unspecified atom stereocenters. The average molecular weight is 417 g/mol. The van der Waals surface area contributed by atoms with Gasteiger partial charge in [0.1, 0.15) is 5.76 Å². The van der Waals surface area contributed by atoms with Crippen LogP contribution in [0.1, 0.15) is 26.0 Å². The van der Waals surface area contributed by atoms with Gasteiger partial charge in [-0.3, -0.25) is 4.99 Å². The van der Waals surface area contributed by atoms with Gasteiger partial charge in [-0.15, -0.1) is 30.6 Å². The number of likely N-dealkylation sites (tertiary alicyclic amines) is 1. The molecule has 2 atom stereocenters. The van der Waals surface area contributed by atoms with Crippen molar-refractivity contribution >= 4 is 29.9 Å². The van der Waals surface area contributed by atoms with Crippen molar-refractivity contribution in [1.82, 2.24) is 10.2 Å². The Balaban J connectivity index is 0.00000242. The van der Waals surface area contributed by atoms with Crippen molar-refractivity contribution in [3.8, 4) is 0 Å². The molecule has 1 fully saturated rings. The van der Waals surface area contributed by atoms with Gasteiger partial charge in [-0.25, -0.2) is 0 Å². The summed E-state index contributed by atoms with van der Waals surface area (Å²) in [5, 5.41) is 3.38. The molecule has 124 valence electrons. The molecule has 4 nitrogen and oxygen atoms in total. The Bertz CT molecular complexity index is 458. The molecule has 2 rings (SSSR count). The summed E-state index contributed by atoms with van der Waals surface area (Å²) in [5.41, 5.74) is 0. The van der Waals surface area contributed by atoms with Crippen molar-refractivity contribution in [1.29, 1.82) is 0 Å². The van der Waals surface area contributed by atoms with E-state index in [4.69, 9.17) is 9.41 Å². The van der Waals surface area contributed by atoms with Crippen LogP contribution < -0.4 is 5.32 Å². The zero-order valence-corrected chi connectivity index (χ0v) is 16.0. The van der Waals surface area contributed by atoms with E-state index in [2.05, 4.69) is 30.6 Å². The second-order valence-corrected chi connectivity index (χ2v) is 5.89. The van der Waals surface area contributed by atoms with E-state index in [1.54, 1.807) is 6.26 Å². The molecule has 0 saturated carbocycles. The summed E-state index contributed by atoms with van der Waals surface area (Å²) >= 11 is 0. The van der Waals surface area contributed by atoms with E-state index < -0.39 is 0 Å². The van der Waals surface area contributed by atoms with Gasteiger partial charge in [0.2, 0.25) is 0 Å². The maximum absolute atomic E-state index is 5.35. The van der Waals surface area contributed by atoms with Gasteiger partial charge in [0.05, 0.1) is 6.26 Å². The fourth-order valence-electron chi connectivity index (χ4n) is 2.61. The number of piperidine rings is 1. The maximum Gasteiger partial charge on any atom is 0.194 e. The highest BCUT2D eigenvalue weighted by Crippen LogP contribution is 2.22. The first-order valence-electron chi connectivity index (χ1n) is 7.87. The number of nitrogens with one attached hydrogen (secondary N) is 1. The molecule has 1 saturated heterocycles. The normalized spacial score (nSPS) is 22.1. The van der Waals surface area contributed by atoms with Crippen molar-refractivity contribution < 1.29 is 4.42 Å². The molecule has 0 radical (unpaired) electrons. The van der Waals surface area contributed by atoms with E-state index in [1.165, 1.54) is 6.42 Å². The summed E-state index contributed by atoms with van der Waals surface area (Å²) < 4.78 is 5.35. The van der Waals surface area contributed by atoms with E-state index >= 15 is 0 Å². The van der Waals surface area contributed by atoms with E-state index in [0.717, 1.165) is 50.2 Å². The van der Waals surface area contributed by atoms with Gasteiger partial charge in [-0.1, -0.05) is 19.9 Å². The molecule has 22 heavy (non-hydrogen) atoms. The van der Waals surface area contributed by atoms with Gasteiger partial charge < -0.3 is 14.6 Å². The maximum atomic E-state index is 5.35. The highest BCUT2D eigenvalue weighted by Gasteiger charge is 2.24. The quantitative estimate of drug-likeness (QED) is 0.345. The van der Waals surface area contributed by atoms with Crippen LogP contribution in [0.25, 0.3) is 0 Å². The average Bonchev–Trinajstić information content (AvgIpc) is 2.99. The summed E-state index contributed by atoms with van der Waals surface area (Å²) in [6.45, 7) is 12.1. The molecular weight excluding hydrogens is 389 g/mol. The summed E-state index contributed by atoms with van der Waals surface area (Å²) in [6.07, 6.45) is 5.65. The summed E-state index contributed by atoms with van der Waals surface area (Å²) in [6, 6.07) is 3.92. The Labute approximate surface area is 151 Å². The topological polar surface area (TPSA) is 40.8 Å². The van der Waals surface area contributed by atoms with Crippen LogP contribution in [0.5, 0.6) is 0 Å². The second kappa shape index (κ2) is 9.92. The number of hydrogen-bond acceptors (Lipinski definition) is 2. The Hall–Kier alpha value is -0.980. The van der Waals surface area contributed by atoms with E-state index in [9.17, 15) is 0 Å². The summed E-state index contributed by atoms with van der Waals surface area (Å²) in [5.74, 6) is 3.49. The lowest BCUT2D eigenvalue weighted by molar-refractivity contribution is 0.200. The molecule has 2 heterocycles. The third kappa shape index (κ3) is 5.66. The predicted molar refractivity (Wildman–Crippen MR) is 103 cm³/mol. The number of rotatable bonds is 5. The van der Waals surface area contributed by atoms with Crippen LogP contribution in [-0.2, 0) is 6.42 Å². The van der Waals surface area contributed by atoms with Crippen LogP contribution in [0.3, 0.4) is 0 Å². The van der Waals surface area contributed by atoms with Crippen molar-refractivity contribution in [2.24, 2.45) is 16.8 Å². The van der Waals surface area contributed by atoms with Crippen molar-refractivity contribution in [2.45, 2.75) is 26.7 Å². The van der Waals surface area contributed by atoms with Crippen LogP contribution in [0.15, 0.2) is 40.5 Å². The molecule has 1 aliphatic heterocycles.